The van der Waals surface area contributed by atoms with Gasteiger partial charge in [0.1, 0.15) is 23.9 Å². The van der Waals surface area contributed by atoms with Crippen molar-refractivity contribution in [1.29, 1.82) is 0 Å². The minimum absolute atomic E-state index is 0.0112. The van der Waals surface area contributed by atoms with Gasteiger partial charge in [-0.3, -0.25) is 38.4 Å². The average molecular weight is 1590 g/mol. The minimum Gasteiger partial charge on any atom is -0.508 e. The van der Waals surface area contributed by atoms with Crippen molar-refractivity contribution in [3.8, 4) is 17.6 Å². The molecule has 0 unspecified atom stereocenters. The molecule has 1 heterocycles. The number of alkyl carbamates (subject to hydrolysis) is 1. The van der Waals surface area contributed by atoms with E-state index in [1.165, 1.54) is 11.1 Å². The van der Waals surface area contributed by atoms with Crippen LogP contribution in [0.2, 0.25) is 0 Å². The van der Waals surface area contributed by atoms with Crippen molar-refractivity contribution in [2.45, 2.75) is 212 Å². The van der Waals surface area contributed by atoms with Gasteiger partial charge < -0.3 is 71.7 Å². The molecule has 0 saturated heterocycles. The molecule has 624 valence electrons. The first-order valence-corrected chi connectivity index (χ1v) is 41.7. The number of hydrogen-bond donors (Lipinski definition) is 8. The molecule has 0 aromatic heterocycles. The maximum atomic E-state index is 15.0. The quantitative estimate of drug-likeness (QED) is 0.0102. The van der Waals surface area contributed by atoms with E-state index in [1.54, 1.807) is 49.1 Å². The lowest BCUT2D eigenvalue weighted by Gasteiger charge is -2.56. The van der Waals surface area contributed by atoms with Crippen molar-refractivity contribution in [2.24, 2.45) is 46.0 Å². The van der Waals surface area contributed by atoms with Crippen LogP contribution in [0.15, 0.2) is 109 Å². The summed E-state index contributed by atoms with van der Waals surface area (Å²) in [6.45, 7) is 15.4. The van der Waals surface area contributed by atoms with Gasteiger partial charge in [0, 0.05) is 78.8 Å². The van der Waals surface area contributed by atoms with Gasteiger partial charge >= 0.3 is 12.1 Å². The topological polar surface area (TPSA) is 353 Å². The van der Waals surface area contributed by atoms with Crippen molar-refractivity contribution in [2.75, 3.05) is 82.7 Å². The van der Waals surface area contributed by atoms with E-state index in [0.29, 0.717) is 82.9 Å². The maximum absolute atomic E-state index is 15.0. The van der Waals surface area contributed by atoms with E-state index < -0.39 is 52.8 Å². The van der Waals surface area contributed by atoms with Crippen molar-refractivity contribution in [1.82, 2.24) is 21.3 Å². The largest absolute Gasteiger partial charge is 0.508 e. The van der Waals surface area contributed by atoms with Gasteiger partial charge in [0.05, 0.1) is 83.6 Å². The number of nitrogens with zero attached hydrogens (tertiary/aromatic N) is 1. The van der Waals surface area contributed by atoms with Crippen LogP contribution >= 0.6 is 0 Å². The Morgan fingerprint density at radius 1 is 0.586 bits per heavy atom. The summed E-state index contributed by atoms with van der Waals surface area (Å²) in [5.41, 5.74) is 18.9. The Bertz CT molecular complexity index is 4360. The molecule has 9 atom stereocenters. The smallest absolute Gasteiger partial charge is 0.408 e. The van der Waals surface area contributed by atoms with Crippen molar-refractivity contribution < 1.29 is 76.7 Å². The normalized spacial score (nSPS) is 21.1. The van der Waals surface area contributed by atoms with E-state index in [-0.39, 0.29) is 160 Å². The molecular formula is C92H120N8O16. The molecule has 2 fully saturated rings. The number of carbonyl (C=O) groups is 10. The summed E-state index contributed by atoms with van der Waals surface area (Å²) < 4.78 is 28.1. The molecule has 24 heteroatoms. The third kappa shape index (κ3) is 23.2. The van der Waals surface area contributed by atoms with E-state index in [9.17, 15) is 48.3 Å². The Kier molecular flexibility index (Phi) is 32.1. The number of primary amides is 1. The van der Waals surface area contributed by atoms with Crippen molar-refractivity contribution in [3.05, 3.63) is 159 Å². The molecule has 7 amide bonds. The monoisotopic (exact) mass is 1590 g/mol. The zero-order valence-corrected chi connectivity index (χ0v) is 68.6. The molecule has 0 bridgehead atoms. The first-order chi connectivity index (χ1) is 55.7. The predicted octanol–water partition coefficient (Wildman–Crippen LogP) is 11.6. The number of aromatic hydroxyl groups is 1. The lowest BCUT2D eigenvalue weighted by Crippen LogP contribution is -2.55. The maximum Gasteiger partial charge on any atom is 0.408 e. The number of hydrogen-bond acceptors (Lipinski definition) is 17. The van der Waals surface area contributed by atoms with Crippen LogP contribution in [-0.2, 0) is 105 Å². The SMILES string of the molecule is CC(C)[C@H](NC(=O)CCOCCOCCOCCOCCNC(=O)CCC(=O)N1Cc2ccccc2C#Cc2ccccc21)C(=O)C[C@@H](CCCNC(N)=O)C(=O)Nc1ccc(COC(=O)N[C@@H](CCCCN)C(=O)Cc2ccc3c(c2)[C@@]2(C)CCC[C@](C)(C(=O)CC(=O)[C@@]4(C)CCC[C@]5(C)c6cc(O)ccc6CC[C@@H]45)[C@@H]2CC3)cc1. The fraction of sp³-hybridized carbons (Fsp3) is 0.543. The number of ether oxygens (including phenoxy) is 5. The van der Waals surface area contributed by atoms with Gasteiger partial charge in [-0.2, -0.15) is 0 Å². The molecular weight excluding hydrogens is 1470 g/mol. The number of Topliss-reactive ketones (excluding diaryl/α,β-unsaturated/α-hetero) is 4. The average Bonchev–Trinajstić information content (AvgIpc) is 0.721. The van der Waals surface area contributed by atoms with Gasteiger partial charge in [0.15, 0.2) is 11.6 Å². The first kappa shape index (κ1) is 88.7. The molecule has 4 aliphatic carbocycles. The second-order valence-corrected chi connectivity index (χ2v) is 33.3. The van der Waals surface area contributed by atoms with Crippen LogP contribution in [0, 0.1) is 46.3 Å². The van der Waals surface area contributed by atoms with Crippen LogP contribution in [0.1, 0.15) is 207 Å². The Morgan fingerprint density at radius 2 is 1.18 bits per heavy atom. The second-order valence-electron chi connectivity index (χ2n) is 33.3. The Labute approximate surface area is 682 Å². The van der Waals surface area contributed by atoms with E-state index in [2.05, 4.69) is 78.3 Å². The summed E-state index contributed by atoms with van der Waals surface area (Å²) in [4.78, 5) is 138. The number of carbonyl (C=O) groups excluding carboxylic acids is 10. The van der Waals surface area contributed by atoms with Gasteiger partial charge in [-0.25, -0.2) is 9.59 Å². The Hall–Kier alpha value is -9.64. The number of para-hydroxylation sites is 1. The van der Waals surface area contributed by atoms with Crippen LogP contribution in [-0.4, -0.2) is 149 Å². The second kappa shape index (κ2) is 42.0. The number of anilines is 2. The molecule has 0 radical (unpaired) electrons. The fourth-order valence-electron chi connectivity index (χ4n) is 18.6. The molecule has 2 saturated carbocycles. The molecule has 5 aliphatic rings. The summed E-state index contributed by atoms with van der Waals surface area (Å²) in [5, 5.41) is 24.4. The van der Waals surface area contributed by atoms with Gasteiger partial charge in [0.2, 0.25) is 23.6 Å². The van der Waals surface area contributed by atoms with Crippen molar-refractivity contribution >= 4 is 70.3 Å². The summed E-state index contributed by atoms with van der Waals surface area (Å²) in [6, 6.07) is 31.3. The van der Waals surface area contributed by atoms with Crippen molar-refractivity contribution in [3.63, 3.8) is 0 Å². The first-order valence-electron chi connectivity index (χ1n) is 41.7. The van der Waals surface area contributed by atoms with E-state index in [0.717, 1.165) is 96.9 Å². The van der Waals surface area contributed by atoms with Crippen LogP contribution in [0.5, 0.6) is 5.75 Å². The number of phenols is 1. The molecule has 116 heavy (non-hydrogen) atoms. The molecule has 5 aromatic rings. The Morgan fingerprint density at radius 3 is 1.83 bits per heavy atom. The molecule has 24 nitrogen and oxygen atoms in total. The van der Waals surface area contributed by atoms with Gasteiger partial charge in [-0.15, -0.1) is 0 Å². The minimum atomic E-state index is -0.910. The number of rotatable bonds is 43. The Balaban J connectivity index is 0.616. The number of phenolic OH excluding ortho intramolecular Hbond substituents is 1. The van der Waals surface area contributed by atoms with Gasteiger partial charge in [0.25, 0.3) is 0 Å². The number of nitrogens with two attached hydrogens (primary N) is 2. The number of ketones is 4. The van der Waals surface area contributed by atoms with Crippen LogP contribution in [0.25, 0.3) is 0 Å². The van der Waals surface area contributed by atoms with Crippen LogP contribution < -0.4 is 43.0 Å². The summed E-state index contributed by atoms with van der Waals surface area (Å²) in [6.07, 6.45) is 9.36. The fourth-order valence-corrected chi connectivity index (χ4v) is 18.6. The number of aryl methyl sites for hydroxylation is 2. The highest BCUT2D eigenvalue weighted by Crippen LogP contribution is 2.61. The third-order valence-corrected chi connectivity index (χ3v) is 25.0. The predicted molar refractivity (Wildman–Crippen MR) is 442 cm³/mol. The number of amides is 7. The zero-order chi connectivity index (χ0) is 83.0. The number of urea groups is 1. The summed E-state index contributed by atoms with van der Waals surface area (Å²) in [7, 11) is 0. The van der Waals surface area contributed by atoms with E-state index >= 15 is 4.79 Å². The number of unbranched alkanes of at least 4 members (excludes halogenated alkanes) is 1. The molecule has 10 N–H and O–H groups in total. The lowest BCUT2D eigenvalue weighted by molar-refractivity contribution is -0.146. The highest BCUT2D eigenvalue weighted by molar-refractivity contribution is 6.05. The number of nitrogens with one attached hydrogen (secondary N) is 5. The molecule has 1 aliphatic heterocycles. The highest BCUT2D eigenvalue weighted by Gasteiger charge is 2.58. The lowest BCUT2D eigenvalue weighted by atomic mass is 9.47. The van der Waals surface area contributed by atoms with Crippen LogP contribution in [0.4, 0.5) is 21.0 Å². The molecule has 10 rings (SSSR count). The standard InChI is InChI=1S/C92H120N8O16/c1-61(2)85(99-83(107)38-46-112-48-50-114-52-53-115-51-49-113-47-45-95-82(106)36-37-84(108)100-59-69-18-8-7-16-64(69)26-27-67-17-9-10-21-75(67)100)77(103)56-68(19-13-44-96-87(94)110)86(109)97-70-31-23-62(24-32-70)60-116-88(111)98-74(20-11-12-43-93)76(102)55-63-22-25-65-29-34-78-89(3,72(65)54-63)39-14-41-91(78,5)80(104)58-81(105)92(6)42-15-40-90(4)73-57-71(101)33-28-66(73)30-35-79(90)92/h7-10,16-18,21-25,28,31-33,54,57,61,68,74,78-79,85,101H,11-15,19-20,29-30,34-53,55-56,58-60,93H2,1-6H3,(H,95,106)(H,97,109)(H,98,111)(H,99,107)(H3,94,96,110)/t68-,74+,78-,79-,85+,89-,90-,91+,92+/m1/s1. The number of fused-ring (bicyclic) bond motifs is 8. The van der Waals surface area contributed by atoms with Crippen LogP contribution in [0.3, 0.4) is 0 Å². The van der Waals surface area contributed by atoms with E-state index in [1.807, 2.05) is 66.7 Å². The highest BCUT2D eigenvalue weighted by atomic mass is 16.6. The van der Waals surface area contributed by atoms with Gasteiger partial charge in [-0.1, -0.05) is 133 Å². The zero-order valence-electron chi connectivity index (χ0n) is 68.6. The summed E-state index contributed by atoms with van der Waals surface area (Å²) in [5.74, 6) is 3.74. The van der Waals surface area contributed by atoms with Gasteiger partial charge in [-0.05, 0) is 200 Å². The number of benzene rings is 5. The molecule has 5 aromatic carbocycles. The van der Waals surface area contributed by atoms with E-state index in [4.69, 9.17) is 35.2 Å². The third-order valence-electron chi connectivity index (χ3n) is 25.0. The summed E-state index contributed by atoms with van der Waals surface area (Å²) >= 11 is 0. The molecule has 0 spiro atoms.